The predicted molar refractivity (Wildman–Crippen MR) is 31.3 cm³/mol. The Kier molecular flexibility index (Phi) is 3.97. The Labute approximate surface area is 60.1 Å². The second-order valence-corrected chi connectivity index (χ2v) is 5.38. The molecular weight excluding hydrogens is 196 g/mol. The van der Waals surface area contributed by atoms with Gasteiger partial charge in [0.2, 0.25) is 0 Å². The van der Waals surface area contributed by atoms with Crippen LogP contribution in [0.3, 0.4) is 0 Å². The molecule has 0 radical (unpaired) electrons. The molecule has 0 amide bonds. The number of hydrogen-bond donors (Lipinski definition) is 0. The zero-order valence-corrected chi connectivity index (χ0v) is 6.47. The molecule has 0 unspecified atom stereocenters. The molecule has 0 bridgehead atoms. The third-order valence-electron chi connectivity index (χ3n) is 0.351. The van der Waals surface area contributed by atoms with Crippen molar-refractivity contribution in [3.8, 4) is 0 Å². The molecule has 9 heavy (non-hydrogen) atoms. The van der Waals surface area contributed by atoms with Crippen molar-refractivity contribution in [2.75, 3.05) is 6.61 Å². The topological polar surface area (TPSA) is 26.3 Å². The molecule has 0 heterocycles. The Morgan fingerprint density at radius 1 is 1.56 bits per heavy atom. The van der Waals surface area contributed by atoms with Crippen LogP contribution in [0.25, 0.3) is 0 Å². The predicted octanol–water partition coefficient (Wildman–Crippen LogP) is 2.85. The Morgan fingerprint density at radius 2 is 2.00 bits per heavy atom. The number of hydrogen-bond acceptors (Lipinski definition) is 2. The van der Waals surface area contributed by atoms with Gasteiger partial charge in [-0.15, -0.1) is 0 Å². The van der Waals surface area contributed by atoms with E-state index in [9.17, 15) is 13.3 Å². The van der Waals surface area contributed by atoms with Gasteiger partial charge in [0.1, 0.15) is 6.61 Å². The van der Waals surface area contributed by atoms with Gasteiger partial charge >= 0.3 is 6.07 Å². The summed E-state index contributed by atoms with van der Waals surface area (Å²) in [7, 11) is 0. The minimum absolute atomic E-state index is 0.996. The molecule has 0 rings (SSSR count). The average molecular weight is 199 g/mol. The molecule has 2 nitrogen and oxygen atoms in total. The van der Waals surface area contributed by atoms with E-state index in [-0.39, 0.29) is 0 Å². The maximum Gasteiger partial charge on any atom is 0.380 e. The van der Waals surface area contributed by atoms with Crippen LogP contribution in [0, 0.1) is 0 Å². The summed E-state index contributed by atoms with van der Waals surface area (Å²) in [5.41, 5.74) is 0. The number of alkyl halides is 2. The highest BCUT2D eigenvalue weighted by Gasteiger charge is 2.16. The molecule has 56 valence electrons. The average Bonchev–Trinajstić information content (AvgIpc) is 1.59. The van der Waals surface area contributed by atoms with Gasteiger partial charge in [0.05, 0.1) is 0 Å². The molecule has 0 N–H and O–H groups in total. The minimum Gasteiger partial charge on any atom is -0.300 e. The normalized spacial score (nSPS) is 12.6. The van der Waals surface area contributed by atoms with Crippen LogP contribution in [0.1, 0.15) is 0 Å². The lowest BCUT2D eigenvalue weighted by molar-refractivity contribution is 0.0865. The second-order valence-electron chi connectivity index (χ2n) is 1.10. The first kappa shape index (κ1) is 9.63. The van der Waals surface area contributed by atoms with Crippen LogP contribution < -0.4 is 0 Å². The summed E-state index contributed by atoms with van der Waals surface area (Å²) in [6, 6.07) is 0. The lowest BCUT2D eigenvalue weighted by Crippen LogP contribution is -1.98. The summed E-state index contributed by atoms with van der Waals surface area (Å²) in [5, 5.41) is 0. The molecule has 0 aromatic rings. The van der Waals surface area contributed by atoms with Gasteiger partial charge in [0.25, 0.3) is 6.43 Å². The highest BCUT2D eigenvalue weighted by molar-refractivity contribution is 8.05. The van der Waals surface area contributed by atoms with E-state index in [1.807, 2.05) is 0 Å². The molecule has 0 aromatic heterocycles. The molecule has 0 saturated heterocycles. The van der Waals surface area contributed by atoms with Crippen LogP contribution in [-0.2, 0) is 9.09 Å². The number of rotatable bonds is 3. The van der Waals surface area contributed by atoms with Crippen LogP contribution in [0.15, 0.2) is 0 Å². The largest absolute Gasteiger partial charge is 0.380 e. The van der Waals surface area contributed by atoms with Gasteiger partial charge in [-0.3, -0.25) is 4.57 Å². The van der Waals surface area contributed by atoms with Gasteiger partial charge in [0.15, 0.2) is 0 Å². The van der Waals surface area contributed by atoms with Crippen LogP contribution in [0.4, 0.5) is 8.78 Å². The van der Waals surface area contributed by atoms with Crippen molar-refractivity contribution < 1.29 is 17.9 Å². The third-order valence-corrected chi connectivity index (χ3v) is 1.39. The SMILES string of the molecule is O=P(Cl)(Cl)OCC(F)F. The van der Waals surface area contributed by atoms with E-state index >= 15 is 0 Å². The van der Waals surface area contributed by atoms with E-state index in [0.717, 1.165) is 0 Å². The lowest BCUT2D eigenvalue weighted by atomic mass is 10.8. The van der Waals surface area contributed by atoms with Crippen LogP contribution in [-0.4, -0.2) is 13.0 Å². The lowest BCUT2D eigenvalue weighted by Gasteiger charge is -2.00. The molecule has 0 fully saturated rings. The molecule has 7 heteroatoms. The zero-order chi connectivity index (χ0) is 7.49. The molecule has 0 aliphatic carbocycles. The first-order valence-corrected chi connectivity index (χ1v) is 5.27. The van der Waals surface area contributed by atoms with Crippen molar-refractivity contribution in [2.24, 2.45) is 0 Å². The van der Waals surface area contributed by atoms with Gasteiger partial charge in [0, 0.05) is 0 Å². The second kappa shape index (κ2) is 3.71. The quantitative estimate of drug-likeness (QED) is 0.653. The van der Waals surface area contributed by atoms with Crippen LogP contribution >= 0.6 is 28.6 Å². The van der Waals surface area contributed by atoms with E-state index in [4.69, 9.17) is 22.5 Å². The molecule has 0 aliphatic rings. The van der Waals surface area contributed by atoms with Crippen molar-refractivity contribution in [2.45, 2.75) is 6.43 Å². The van der Waals surface area contributed by atoms with Crippen molar-refractivity contribution in [1.82, 2.24) is 0 Å². The van der Waals surface area contributed by atoms with Gasteiger partial charge in [-0.25, -0.2) is 8.78 Å². The van der Waals surface area contributed by atoms with Crippen LogP contribution in [0.2, 0.25) is 0 Å². The molecule has 0 spiro atoms. The smallest absolute Gasteiger partial charge is 0.300 e. The Bertz CT molecular complexity index is 124. The van der Waals surface area contributed by atoms with Gasteiger partial charge in [-0.1, -0.05) is 0 Å². The molecule has 0 aromatic carbocycles. The Balaban J connectivity index is 3.40. The third kappa shape index (κ3) is 8.63. The molecule has 0 atom stereocenters. The van der Waals surface area contributed by atoms with E-state index in [0.29, 0.717) is 0 Å². The Morgan fingerprint density at radius 3 is 2.11 bits per heavy atom. The highest BCUT2D eigenvalue weighted by atomic mass is 35.9. The molecular formula is C2H3Cl2F2O2P. The maximum absolute atomic E-state index is 11.2. The summed E-state index contributed by atoms with van der Waals surface area (Å²) in [4.78, 5) is 0. The van der Waals surface area contributed by atoms with Gasteiger partial charge in [-0.2, -0.15) is 0 Å². The molecule has 0 aliphatic heterocycles. The zero-order valence-electron chi connectivity index (χ0n) is 4.06. The van der Waals surface area contributed by atoms with Crippen molar-refractivity contribution in [3.05, 3.63) is 0 Å². The molecule has 0 saturated carbocycles. The van der Waals surface area contributed by atoms with Crippen molar-refractivity contribution in [1.29, 1.82) is 0 Å². The van der Waals surface area contributed by atoms with E-state index in [1.165, 1.54) is 0 Å². The minimum atomic E-state index is -3.76. The van der Waals surface area contributed by atoms with E-state index < -0.39 is 19.1 Å². The first-order valence-electron chi connectivity index (χ1n) is 1.84. The van der Waals surface area contributed by atoms with Crippen molar-refractivity contribution in [3.63, 3.8) is 0 Å². The fourth-order valence-corrected chi connectivity index (χ4v) is 0.767. The van der Waals surface area contributed by atoms with Gasteiger partial charge in [-0.05, 0) is 22.5 Å². The summed E-state index contributed by atoms with van der Waals surface area (Å²) < 4.78 is 36.3. The fourth-order valence-electron chi connectivity index (χ4n) is 0.143. The van der Waals surface area contributed by atoms with Crippen molar-refractivity contribution >= 4 is 28.6 Å². The highest BCUT2D eigenvalue weighted by Crippen LogP contribution is 2.57. The summed E-state index contributed by atoms with van der Waals surface area (Å²) >= 11 is 9.49. The summed E-state index contributed by atoms with van der Waals surface area (Å²) in [6.45, 7) is -0.996. The Hall–Kier alpha value is 0.630. The number of halogens is 4. The fraction of sp³-hybridized carbons (Fsp3) is 1.00. The van der Waals surface area contributed by atoms with Crippen LogP contribution in [0.5, 0.6) is 0 Å². The summed E-state index contributed by atoms with van der Waals surface area (Å²) in [6.07, 6.45) is -6.45. The standard InChI is InChI=1S/C2H3Cl2F2O2P/c3-9(4,7)8-1-2(5)6/h2H,1H2. The first-order chi connectivity index (χ1) is 3.92. The van der Waals surface area contributed by atoms with E-state index in [2.05, 4.69) is 4.52 Å². The van der Waals surface area contributed by atoms with E-state index in [1.54, 1.807) is 0 Å². The van der Waals surface area contributed by atoms with Gasteiger partial charge < -0.3 is 4.52 Å². The maximum atomic E-state index is 11.2. The monoisotopic (exact) mass is 198 g/mol. The summed E-state index contributed by atoms with van der Waals surface area (Å²) in [5.74, 6) is 0.